The van der Waals surface area contributed by atoms with E-state index in [0.717, 1.165) is 27.4 Å². The Balaban J connectivity index is 1.34. The van der Waals surface area contributed by atoms with Gasteiger partial charge in [0.15, 0.2) is 5.13 Å². The van der Waals surface area contributed by atoms with Crippen LogP contribution >= 0.6 is 11.3 Å². The van der Waals surface area contributed by atoms with E-state index in [1.807, 2.05) is 37.3 Å². The second-order valence-electron chi connectivity index (χ2n) is 7.93. The molecule has 9 nitrogen and oxygen atoms in total. The Bertz CT molecular complexity index is 1260. The van der Waals surface area contributed by atoms with Crippen LogP contribution < -0.4 is 15.4 Å². The molecule has 2 aromatic heterocycles. The number of nitrogens with zero attached hydrogens (tertiary/aromatic N) is 3. The average molecular weight is 464 g/mol. The fourth-order valence-corrected chi connectivity index (χ4v) is 4.95. The number of benzene rings is 1. The maximum atomic E-state index is 13.2. The molecular weight excluding hydrogens is 442 g/mol. The average Bonchev–Trinajstić information content (AvgIpc) is 3.35. The highest BCUT2D eigenvalue weighted by molar-refractivity contribution is 7.16. The molecule has 168 valence electrons. The third-order valence-corrected chi connectivity index (χ3v) is 6.69. The van der Waals surface area contributed by atoms with Crippen molar-refractivity contribution in [1.29, 1.82) is 0 Å². The molecule has 0 aliphatic carbocycles. The quantitative estimate of drug-likeness (QED) is 0.562. The van der Waals surface area contributed by atoms with E-state index >= 15 is 0 Å². The lowest BCUT2D eigenvalue weighted by molar-refractivity contribution is -0.143. The van der Waals surface area contributed by atoms with Crippen LogP contribution in [0.3, 0.4) is 0 Å². The minimum Gasteiger partial charge on any atom is -0.496 e. The number of methoxy groups -OCH3 is 1. The zero-order valence-electron chi connectivity index (χ0n) is 18.0. The highest BCUT2D eigenvalue weighted by atomic mass is 32.1. The van der Waals surface area contributed by atoms with Crippen LogP contribution in [-0.2, 0) is 22.7 Å². The smallest absolute Gasteiger partial charge is 0.259 e. The molecule has 1 fully saturated rings. The van der Waals surface area contributed by atoms with Crippen LogP contribution in [0, 0.1) is 6.92 Å². The number of carbonyl (C=O) groups excluding carboxylic acids is 3. The molecule has 0 unspecified atom stereocenters. The lowest BCUT2D eigenvalue weighted by atomic mass is 9.99. The van der Waals surface area contributed by atoms with E-state index in [2.05, 4.69) is 20.6 Å². The Hall–Kier alpha value is -3.79. The standard InChI is InChI=1S/C23H21N5O4S/c1-12-7-14(13-5-3-4-6-18(13)32-2)15(9-24-12)21(30)27-23-26-17-10-28(11-19(17)33-23)22(31)16-8-20(29)25-16/h3-7,9,16H,8,10-11H2,1-2H3,(H,25,29)(H,26,27,30)/t16-/m1/s1. The van der Waals surface area contributed by atoms with Crippen molar-refractivity contribution in [2.75, 3.05) is 12.4 Å². The Morgan fingerprint density at radius 3 is 2.76 bits per heavy atom. The van der Waals surface area contributed by atoms with Crippen molar-refractivity contribution < 1.29 is 19.1 Å². The first-order valence-electron chi connectivity index (χ1n) is 10.4. The summed E-state index contributed by atoms with van der Waals surface area (Å²) in [5.41, 5.74) is 3.49. The lowest BCUT2D eigenvalue weighted by Crippen LogP contribution is -2.56. The summed E-state index contributed by atoms with van der Waals surface area (Å²) in [6, 6.07) is 8.94. The van der Waals surface area contributed by atoms with Gasteiger partial charge in [-0.2, -0.15) is 0 Å². The fraction of sp³-hybridized carbons (Fsp3) is 0.261. The first-order valence-corrected chi connectivity index (χ1v) is 11.2. The van der Waals surface area contributed by atoms with Crippen molar-refractivity contribution in [3.8, 4) is 16.9 Å². The Labute approximate surface area is 193 Å². The van der Waals surface area contributed by atoms with Gasteiger partial charge in [-0.25, -0.2) is 4.98 Å². The summed E-state index contributed by atoms with van der Waals surface area (Å²) in [6.45, 7) is 2.66. The van der Waals surface area contributed by atoms with Crippen LogP contribution in [0.4, 0.5) is 5.13 Å². The van der Waals surface area contributed by atoms with Crippen molar-refractivity contribution in [2.45, 2.75) is 32.5 Å². The van der Waals surface area contributed by atoms with Crippen molar-refractivity contribution in [2.24, 2.45) is 0 Å². The summed E-state index contributed by atoms with van der Waals surface area (Å²) < 4.78 is 5.48. The number of aromatic nitrogens is 2. The van der Waals surface area contributed by atoms with E-state index in [1.54, 1.807) is 18.2 Å². The molecule has 0 radical (unpaired) electrons. The number of pyridine rings is 1. The van der Waals surface area contributed by atoms with Gasteiger partial charge in [-0.3, -0.25) is 24.7 Å². The van der Waals surface area contributed by atoms with E-state index in [9.17, 15) is 14.4 Å². The summed E-state index contributed by atoms with van der Waals surface area (Å²) in [7, 11) is 1.59. The number of hydrogen-bond acceptors (Lipinski definition) is 7. The van der Waals surface area contributed by atoms with Crippen LogP contribution in [0.2, 0.25) is 0 Å². The molecular formula is C23H21N5O4S. The number of aryl methyl sites for hydroxylation is 1. The second kappa shape index (κ2) is 8.28. The van der Waals surface area contributed by atoms with Crippen LogP contribution in [0.5, 0.6) is 5.75 Å². The SMILES string of the molecule is COc1ccccc1-c1cc(C)ncc1C(=O)Nc1nc2c(s1)CN(C(=O)[C@H]1CC(=O)N1)C2. The maximum absolute atomic E-state index is 13.2. The minimum atomic E-state index is -0.437. The second-order valence-corrected chi connectivity index (χ2v) is 9.02. The van der Waals surface area contributed by atoms with Crippen molar-refractivity contribution in [3.63, 3.8) is 0 Å². The summed E-state index contributed by atoms with van der Waals surface area (Å²) >= 11 is 1.35. The van der Waals surface area contributed by atoms with Crippen molar-refractivity contribution >= 4 is 34.2 Å². The highest BCUT2D eigenvalue weighted by Gasteiger charge is 2.38. The van der Waals surface area contributed by atoms with Gasteiger partial charge in [-0.05, 0) is 19.1 Å². The molecule has 2 N–H and O–H groups in total. The van der Waals surface area contributed by atoms with Crippen LogP contribution in [0.1, 0.15) is 33.0 Å². The van der Waals surface area contributed by atoms with Gasteiger partial charge < -0.3 is 15.0 Å². The van der Waals surface area contributed by atoms with E-state index in [0.29, 0.717) is 29.5 Å². The molecule has 5 rings (SSSR count). The van der Waals surface area contributed by atoms with E-state index < -0.39 is 6.04 Å². The van der Waals surface area contributed by atoms with Gasteiger partial charge in [0.1, 0.15) is 11.8 Å². The van der Waals surface area contributed by atoms with Gasteiger partial charge in [0.05, 0.1) is 42.8 Å². The van der Waals surface area contributed by atoms with Gasteiger partial charge in [0, 0.05) is 23.0 Å². The Morgan fingerprint density at radius 1 is 1.24 bits per heavy atom. The third kappa shape index (κ3) is 3.93. The molecule has 0 spiro atoms. The first-order chi connectivity index (χ1) is 15.9. The third-order valence-electron chi connectivity index (χ3n) is 5.69. The van der Waals surface area contributed by atoms with E-state index in [-0.39, 0.29) is 24.1 Å². The molecule has 3 amide bonds. The molecule has 33 heavy (non-hydrogen) atoms. The molecule has 1 aromatic carbocycles. The number of β-lactam (4-membered cyclic amide) rings is 1. The number of para-hydroxylation sites is 1. The molecule has 3 aromatic rings. The largest absolute Gasteiger partial charge is 0.496 e. The van der Waals surface area contributed by atoms with Gasteiger partial charge in [-0.15, -0.1) is 0 Å². The number of fused-ring (bicyclic) bond motifs is 1. The molecule has 4 heterocycles. The molecule has 10 heteroatoms. The molecule has 0 saturated carbocycles. The van der Waals surface area contributed by atoms with Crippen molar-refractivity contribution in [3.05, 3.63) is 58.4 Å². The number of carbonyl (C=O) groups is 3. The van der Waals surface area contributed by atoms with Crippen molar-refractivity contribution in [1.82, 2.24) is 20.2 Å². The van der Waals surface area contributed by atoms with Crippen LogP contribution in [0.25, 0.3) is 11.1 Å². The molecule has 1 saturated heterocycles. The number of anilines is 1. The topological polar surface area (TPSA) is 114 Å². The highest BCUT2D eigenvalue weighted by Crippen LogP contribution is 2.35. The number of hydrogen-bond donors (Lipinski definition) is 2. The number of amides is 3. The van der Waals surface area contributed by atoms with E-state index in [4.69, 9.17) is 4.74 Å². The molecule has 1 atom stereocenters. The normalized spacial score (nSPS) is 16.6. The summed E-state index contributed by atoms with van der Waals surface area (Å²) in [5, 5.41) is 5.96. The summed E-state index contributed by atoms with van der Waals surface area (Å²) in [5.74, 6) is 0.139. The van der Waals surface area contributed by atoms with Gasteiger partial charge >= 0.3 is 0 Å². The number of rotatable bonds is 5. The maximum Gasteiger partial charge on any atom is 0.259 e. The molecule has 0 bridgehead atoms. The monoisotopic (exact) mass is 463 g/mol. The Kier molecular flexibility index (Phi) is 5.29. The van der Waals surface area contributed by atoms with Gasteiger partial charge in [0.25, 0.3) is 5.91 Å². The van der Waals surface area contributed by atoms with Gasteiger partial charge in [0.2, 0.25) is 11.8 Å². The zero-order chi connectivity index (χ0) is 23.1. The number of thiazole rings is 1. The molecule has 2 aliphatic rings. The lowest BCUT2D eigenvalue weighted by Gasteiger charge is -2.29. The fourth-order valence-electron chi connectivity index (χ4n) is 3.97. The minimum absolute atomic E-state index is 0.0995. The van der Waals surface area contributed by atoms with Crippen LogP contribution in [-0.4, -0.2) is 45.7 Å². The van der Waals surface area contributed by atoms with Gasteiger partial charge in [-0.1, -0.05) is 29.5 Å². The summed E-state index contributed by atoms with van der Waals surface area (Å²) in [4.78, 5) is 48.1. The summed E-state index contributed by atoms with van der Waals surface area (Å²) in [6.07, 6.45) is 1.79. The van der Waals surface area contributed by atoms with E-state index in [1.165, 1.54) is 11.3 Å². The number of ether oxygens (including phenoxy) is 1. The number of nitrogens with one attached hydrogen (secondary N) is 2. The van der Waals surface area contributed by atoms with Crippen LogP contribution in [0.15, 0.2) is 36.5 Å². The Morgan fingerprint density at radius 2 is 2.03 bits per heavy atom. The zero-order valence-corrected chi connectivity index (χ0v) is 18.9. The first kappa shape index (κ1) is 21.1. The predicted octanol–water partition coefficient (Wildman–Crippen LogP) is 2.51. The predicted molar refractivity (Wildman–Crippen MR) is 122 cm³/mol. The molecule has 2 aliphatic heterocycles.